The fourth-order valence-electron chi connectivity index (χ4n) is 3.91. The van der Waals surface area contributed by atoms with Gasteiger partial charge in [0.15, 0.2) is 0 Å². The van der Waals surface area contributed by atoms with Crippen molar-refractivity contribution >= 4 is 11.6 Å². The number of hydrogen-bond donors (Lipinski definition) is 2. The zero-order valence-electron chi connectivity index (χ0n) is 16.0. The van der Waals surface area contributed by atoms with E-state index in [1.165, 1.54) is 16.7 Å². The number of hydrogen-bond acceptors (Lipinski definition) is 2. The van der Waals surface area contributed by atoms with Crippen LogP contribution in [0.4, 0.5) is 0 Å². The lowest BCUT2D eigenvalue weighted by molar-refractivity contribution is -0.123. The second kappa shape index (κ2) is 7.35. The van der Waals surface area contributed by atoms with Crippen LogP contribution in [0.2, 0.25) is 0 Å². The lowest BCUT2D eigenvalue weighted by atomic mass is 9.85. The van der Waals surface area contributed by atoms with E-state index in [9.17, 15) is 4.79 Å². The summed E-state index contributed by atoms with van der Waals surface area (Å²) < 4.78 is 0. The van der Waals surface area contributed by atoms with Crippen molar-refractivity contribution in [3.05, 3.63) is 114 Å². The summed E-state index contributed by atoms with van der Waals surface area (Å²) in [5.74, 6) is -0.128. The molecule has 140 valence electrons. The van der Waals surface area contributed by atoms with Crippen LogP contribution >= 0.6 is 0 Å². The molecular weight excluding hydrogens is 344 g/mol. The van der Waals surface area contributed by atoms with Crippen LogP contribution in [-0.2, 0) is 10.2 Å². The maximum Gasteiger partial charge on any atom is 0.242 e. The Morgan fingerprint density at radius 2 is 1.39 bits per heavy atom. The molecule has 2 N–H and O–H groups in total. The number of rotatable bonds is 6. The highest BCUT2D eigenvalue weighted by molar-refractivity contribution is 5.86. The van der Waals surface area contributed by atoms with Gasteiger partial charge in [-0.3, -0.25) is 15.6 Å². The maximum atomic E-state index is 12.9. The number of benzene rings is 3. The molecule has 3 heteroatoms. The van der Waals surface area contributed by atoms with Crippen molar-refractivity contribution in [1.29, 1.82) is 0 Å². The third-order valence-electron chi connectivity index (χ3n) is 5.59. The lowest BCUT2D eigenvalue weighted by Gasteiger charge is -2.19. The van der Waals surface area contributed by atoms with Gasteiger partial charge in [-0.25, -0.2) is 0 Å². The average Bonchev–Trinajstić information content (AvgIpc) is 3.51. The number of hydrazine groups is 1. The van der Waals surface area contributed by atoms with Gasteiger partial charge in [-0.1, -0.05) is 97.1 Å². The van der Waals surface area contributed by atoms with E-state index in [2.05, 4.69) is 41.7 Å². The molecule has 0 aromatic heterocycles. The molecule has 1 atom stereocenters. The van der Waals surface area contributed by atoms with Gasteiger partial charge < -0.3 is 0 Å². The highest BCUT2D eigenvalue weighted by Gasteiger charge is 2.60. The van der Waals surface area contributed by atoms with E-state index in [1.807, 2.05) is 67.6 Å². The SMILES string of the molecule is C=C(NNC(=O)[C@H]1CC1(c1ccccc1)c1ccccc1)c1ccc(C)cc1. The Bertz CT molecular complexity index is 939. The van der Waals surface area contributed by atoms with Crippen LogP contribution < -0.4 is 10.9 Å². The van der Waals surface area contributed by atoms with Crippen LogP contribution in [0.25, 0.3) is 5.70 Å². The molecule has 3 aromatic carbocycles. The molecule has 1 amide bonds. The van der Waals surface area contributed by atoms with E-state index < -0.39 is 0 Å². The van der Waals surface area contributed by atoms with Crippen molar-refractivity contribution in [3.8, 4) is 0 Å². The molecule has 0 unspecified atom stereocenters. The average molecular weight is 368 g/mol. The van der Waals surface area contributed by atoms with E-state index in [-0.39, 0.29) is 17.2 Å². The summed E-state index contributed by atoms with van der Waals surface area (Å²) in [4.78, 5) is 12.9. The molecule has 3 aromatic rings. The lowest BCUT2D eigenvalue weighted by Crippen LogP contribution is -2.38. The Morgan fingerprint density at radius 3 is 1.93 bits per heavy atom. The molecule has 28 heavy (non-hydrogen) atoms. The van der Waals surface area contributed by atoms with Crippen LogP contribution in [-0.4, -0.2) is 5.91 Å². The molecule has 0 heterocycles. The van der Waals surface area contributed by atoms with Crippen LogP contribution in [0.15, 0.2) is 91.5 Å². The summed E-state index contributed by atoms with van der Waals surface area (Å²) in [5, 5.41) is 0. The zero-order chi connectivity index (χ0) is 19.6. The monoisotopic (exact) mass is 368 g/mol. The van der Waals surface area contributed by atoms with E-state index in [4.69, 9.17) is 0 Å². The Hall–Kier alpha value is -3.33. The molecule has 0 bridgehead atoms. The van der Waals surface area contributed by atoms with Gasteiger partial charge in [0, 0.05) is 5.41 Å². The van der Waals surface area contributed by atoms with Gasteiger partial charge in [0.1, 0.15) is 0 Å². The van der Waals surface area contributed by atoms with Crippen LogP contribution in [0.5, 0.6) is 0 Å². The van der Waals surface area contributed by atoms with Gasteiger partial charge in [-0.05, 0) is 30.0 Å². The number of amides is 1. The molecule has 1 aliphatic carbocycles. The normalized spacial score (nSPS) is 16.8. The first kappa shape index (κ1) is 18.1. The van der Waals surface area contributed by atoms with Gasteiger partial charge in [-0.2, -0.15) is 0 Å². The first-order valence-electron chi connectivity index (χ1n) is 9.54. The largest absolute Gasteiger partial charge is 0.299 e. The maximum absolute atomic E-state index is 12.9. The zero-order valence-corrected chi connectivity index (χ0v) is 16.0. The standard InChI is InChI=1S/C25H24N2O/c1-18-13-15-20(16-14-18)19(2)26-27-24(28)23-17-25(23,21-9-5-3-6-10-21)22-11-7-4-8-12-22/h3-16,23,26H,2,17H2,1H3,(H,27,28)/t23-/m1/s1. The summed E-state index contributed by atoms with van der Waals surface area (Å²) in [5.41, 5.74) is 10.8. The Balaban J connectivity index is 1.50. The van der Waals surface area contributed by atoms with Gasteiger partial charge in [-0.15, -0.1) is 0 Å². The Morgan fingerprint density at radius 1 is 0.857 bits per heavy atom. The van der Waals surface area contributed by atoms with Crippen molar-refractivity contribution in [1.82, 2.24) is 10.9 Å². The number of aryl methyl sites for hydroxylation is 1. The molecule has 1 fully saturated rings. The molecule has 4 rings (SSSR count). The first-order chi connectivity index (χ1) is 13.6. The second-order valence-electron chi connectivity index (χ2n) is 7.42. The third-order valence-corrected chi connectivity index (χ3v) is 5.59. The number of carbonyl (C=O) groups excluding carboxylic acids is 1. The molecule has 0 saturated heterocycles. The summed E-state index contributed by atoms with van der Waals surface area (Å²) >= 11 is 0. The van der Waals surface area contributed by atoms with E-state index >= 15 is 0 Å². The van der Waals surface area contributed by atoms with Crippen LogP contribution in [0, 0.1) is 12.8 Å². The molecular formula is C25H24N2O. The van der Waals surface area contributed by atoms with Gasteiger partial charge >= 0.3 is 0 Å². The highest BCUT2D eigenvalue weighted by atomic mass is 16.2. The minimum Gasteiger partial charge on any atom is -0.299 e. The number of carbonyl (C=O) groups is 1. The summed E-state index contributed by atoms with van der Waals surface area (Å²) in [7, 11) is 0. The summed E-state index contributed by atoms with van der Waals surface area (Å²) in [6, 6.07) is 28.6. The molecule has 0 radical (unpaired) electrons. The van der Waals surface area contributed by atoms with Crippen molar-refractivity contribution in [3.63, 3.8) is 0 Å². The van der Waals surface area contributed by atoms with Crippen molar-refractivity contribution in [2.45, 2.75) is 18.8 Å². The minimum atomic E-state index is -0.264. The molecule has 1 saturated carbocycles. The molecule has 0 spiro atoms. The van der Waals surface area contributed by atoms with Gasteiger partial charge in [0.05, 0.1) is 11.6 Å². The molecule has 0 aliphatic heterocycles. The predicted octanol–water partition coefficient (Wildman–Crippen LogP) is 4.59. The van der Waals surface area contributed by atoms with E-state index in [0.717, 1.165) is 12.0 Å². The number of nitrogens with one attached hydrogen (secondary N) is 2. The fourth-order valence-corrected chi connectivity index (χ4v) is 3.91. The van der Waals surface area contributed by atoms with E-state index in [0.29, 0.717) is 5.70 Å². The third kappa shape index (κ3) is 3.31. The van der Waals surface area contributed by atoms with Gasteiger partial charge in [0.25, 0.3) is 0 Å². The second-order valence-corrected chi connectivity index (χ2v) is 7.42. The fraction of sp³-hybridized carbons (Fsp3) is 0.160. The smallest absolute Gasteiger partial charge is 0.242 e. The summed E-state index contributed by atoms with van der Waals surface area (Å²) in [6.45, 7) is 6.08. The van der Waals surface area contributed by atoms with Crippen molar-refractivity contribution in [2.75, 3.05) is 0 Å². The first-order valence-corrected chi connectivity index (χ1v) is 9.54. The topological polar surface area (TPSA) is 41.1 Å². The van der Waals surface area contributed by atoms with Crippen LogP contribution in [0.1, 0.15) is 28.7 Å². The van der Waals surface area contributed by atoms with Crippen molar-refractivity contribution in [2.24, 2.45) is 5.92 Å². The van der Waals surface area contributed by atoms with Gasteiger partial charge in [0.2, 0.25) is 5.91 Å². The van der Waals surface area contributed by atoms with Crippen molar-refractivity contribution < 1.29 is 4.79 Å². The highest BCUT2D eigenvalue weighted by Crippen LogP contribution is 2.58. The summed E-state index contributed by atoms with van der Waals surface area (Å²) in [6.07, 6.45) is 0.797. The minimum absolute atomic E-state index is 0.0130. The predicted molar refractivity (Wildman–Crippen MR) is 113 cm³/mol. The Labute approximate surface area is 166 Å². The molecule has 1 aliphatic rings. The molecule has 3 nitrogen and oxygen atoms in total. The van der Waals surface area contributed by atoms with E-state index in [1.54, 1.807) is 0 Å². The van der Waals surface area contributed by atoms with Crippen LogP contribution in [0.3, 0.4) is 0 Å². The Kier molecular flexibility index (Phi) is 4.74. The quantitative estimate of drug-likeness (QED) is 0.625.